The lowest BCUT2D eigenvalue weighted by molar-refractivity contribution is 0.0997. The first kappa shape index (κ1) is 16.3. The van der Waals surface area contributed by atoms with Crippen molar-refractivity contribution < 1.29 is 0 Å². The van der Waals surface area contributed by atoms with Crippen molar-refractivity contribution in [1.82, 2.24) is 15.1 Å². The number of nitrogens with zero attached hydrogens (tertiary/aromatic N) is 2. The van der Waals surface area contributed by atoms with E-state index in [-0.39, 0.29) is 0 Å². The average Bonchev–Trinajstić information content (AvgIpc) is 2.52. The summed E-state index contributed by atoms with van der Waals surface area (Å²) in [7, 11) is 0. The normalized spacial score (nSPS) is 24.9. The van der Waals surface area contributed by atoms with Crippen molar-refractivity contribution in [3.63, 3.8) is 0 Å². The van der Waals surface area contributed by atoms with Crippen LogP contribution in [0.4, 0.5) is 0 Å². The van der Waals surface area contributed by atoms with E-state index in [4.69, 9.17) is 0 Å². The summed E-state index contributed by atoms with van der Waals surface area (Å²) in [6.07, 6.45) is 9.76. The zero-order chi connectivity index (χ0) is 14.2. The smallest absolute Gasteiger partial charge is 0.0113 e. The molecule has 2 rings (SSSR count). The van der Waals surface area contributed by atoms with E-state index in [1.807, 2.05) is 0 Å². The molecule has 3 heteroatoms. The summed E-state index contributed by atoms with van der Waals surface area (Å²) >= 11 is 0. The molecule has 0 aromatic carbocycles. The van der Waals surface area contributed by atoms with Crippen LogP contribution in [0.25, 0.3) is 0 Å². The summed E-state index contributed by atoms with van der Waals surface area (Å²) < 4.78 is 0. The second kappa shape index (κ2) is 9.01. The van der Waals surface area contributed by atoms with E-state index < -0.39 is 0 Å². The van der Waals surface area contributed by atoms with Gasteiger partial charge >= 0.3 is 0 Å². The van der Waals surface area contributed by atoms with Gasteiger partial charge in [-0.05, 0) is 45.7 Å². The van der Waals surface area contributed by atoms with Gasteiger partial charge in [-0.1, -0.05) is 26.2 Å². The summed E-state index contributed by atoms with van der Waals surface area (Å²) in [6.45, 7) is 12.2. The molecular formula is C17H35N3. The molecule has 20 heavy (non-hydrogen) atoms. The van der Waals surface area contributed by atoms with Crippen molar-refractivity contribution in [1.29, 1.82) is 0 Å². The summed E-state index contributed by atoms with van der Waals surface area (Å²) in [4.78, 5) is 5.30. The average molecular weight is 281 g/mol. The van der Waals surface area contributed by atoms with E-state index in [0.29, 0.717) is 0 Å². The minimum absolute atomic E-state index is 0.769. The van der Waals surface area contributed by atoms with Gasteiger partial charge in [-0.25, -0.2) is 0 Å². The van der Waals surface area contributed by atoms with Crippen molar-refractivity contribution in [2.45, 2.75) is 70.9 Å². The predicted octanol–water partition coefficient (Wildman–Crippen LogP) is 2.71. The van der Waals surface area contributed by atoms with Gasteiger partial charge in [0.2, 0.25) is 0 Å². The molecule has 1 aliphatic heterocycles. The largest absolute Gasteiger partial charge is 0.314 e. The van der Waals surface area contributed by atoms with Gasteiger partial charge in [0.25, 0.3) is 0 Å². The monoisotopic (exact) mass is 281 g/mol. The van der Waals surface area contributed by atoms with Gasteiger partial charge in [0.1, 0.15) is 0 Å². The fourth-order valence-corrected chi connectivity index (χ4v) is 3.60. The third-order valence-corrected chi connectivity index (χ3v) is 5.31. The van der Waals surface area contributed by atoms with Gasteiger partial charge in [0.15, 0.2) is 0 Å². The van der Waals surface area contributed by atoms with E-state index in [0.717, 1.165) is 12.1 Å². The predicted molar refractivity (Wildman–Crippen MR) is 87.3 cm³/mol. The topological polar surface area (TPSA) is 18.5 Å². The van der Waals surface area contributed by atoms with Crippen molar-refractivity contribution in [2.24, 2.45) is 0 Å². The molecule has 2 aliphatic rings. The molecule has 1 aliphatic carbocycles. The maximum atomic E-state index is 3.76. The van der Waals surface area contributed by atoms with Crippen molar-refractivity contribution in [2.75, 3.05) is 39.3 Å². The van der Waals surface area contributed by atoms with Crippen LogP contribution in [0.2, 0.25) is 0 Å². The Kier molecular flexibility index (Phi) is 7.32. The first-order chi connectivity index (χ1) is 9.79. The standard InChI is InChI=1S/C17H35N3/c1-3-16(2)20-14-12-19(13-15-20)11-7-10-18-17-8-5-4-6-9-17/h16-18H,3-15H2,1-2H3. The van der Waals surface area contributed by atoms with Crippen LogP contribution in [0, 0.1) is 0 Å². The molecule has 1 atom stereocenters. The molecule has 3 nitrogen and oxygen atoms in total. The van der Waals surface area contributed by atoms with Crippen molar-refractivity contribution in [3.05, 3.63) is 0 Å². The van der Waals surface area contributed by atoms with Crippen LogP contribution in [-0.2, 0) is 0 Å². The van der Waals surface area contributed by atoms with Gasteiger partial charge in [-0.2, -0.15) is 0 Å². The zero-order valence-electron chi connectivity index (χ0n) is 13.7. The molecule has 2 fully saturated rings. The molecule has 1 unspecified atom stereocenters. The van der Waals surface area contributed by atoms with Crippen LogP contribution in [0.1, 0.15) is 58.8 Å². The van der Waals surface area contributed by atoms with Crippen molar-refractivity contribution in [3.8, 4) is 0 Å². The Hall–Kier alpha value is -0.120. The molecule has 1 heterocycles. The van der Waals surface area contributed by atoms with Crippen LogP contribution in [-0.4, -0.2) is 61.2 Å². The molecule has 1 N–H and O–H groups in total. The maximum absolute atomic E-state index is 3.76. The Morgan fingerprint density at radius 3 is 2.40 bits per heavy atom. The molecule has 0 spiro atoms. The van der Waals surface area contributed by atoms with Gasteiger partial charge in [-0.3, -0.25) is 4.90 Å². The van der Waals surface area contributed by atoms with Gasteiger partial charge in [-0.15, -0.1) is 0 Å². The highest BCUT2D eigenvalue weighted by atomic mass is 15.3. The Balaban J connectivity index is 1.50. The number of nitrogens with one attached hydrogen (secondary N) is 1. The fourth-order valence-electron chi connectivity index (χ4n) is 3.60. The SMILES string of the molecule is CCC(C)N1CCN(CCCNC2CCCCC2)CC1. The Labute approximate surface area is 126 Å². The molecule has 0 amide bonds. The molecule has 0 aromatic heterocycles. The summed E-state index contributed by atoms with van der Waals surface area (Å²) in [5, 5.41) is 3.76. The highest BCUT2D eigenvalue weighted by Gasteiger charge is 2.19. The van der Waals surface area contributed by atoms with Crippen molar-refractivity contribution >= 4 is 0 Å². The lowest BCUT2D eigenvalue weighted by Gasteiger charge is -2.38. The first-order valence-corrected chi connectivity index (χ1v) is 8.99. The van der Waals surface area contributed by atoms with E-state index in [2.05, 4.69) is 29.0 Å². The lowest BCUT2D eigenvalue weighted by Crippen LogP contribution is -2.49. The quantitative estimate of drug-likeness (QED) is 0.724. The molecule has 0 aromatic rings. The second-order valence-corrected chi connectivity index (χ2v) is 6.78. The minimum atomic E-state index is 0.769. The van der Waals surface area contributed by atoms with Crippen LogP contribution < -0.4 is 5.32 Å². The van der Waals surface area contributed by atoms with Crippen LogP contribution in [0.15, 0.2) is 0 Å². The zero-order valence-corrected chi connectivity index (χ0v) is 13.7. The van der Waals surface area contributed by atoms with Gasteiger partial charge in [0, 0.05) is 38.3 Å². The maximum Gasteiger partial charge on any atom is 0.0113 e. The van der Waals surface area contributed by atoms with Gasteiger partial charge < -0.3 is 10.2 Å². The summed E-state index contributed by atoms with van der Waals surface area (Å²) in [6, 6.07) is 1.59. The number of piperazine rings is 1. The lowest BCUT2D eigenvalue weighted by atomic mass is 9.95. The molecule has 0 radical (unpaired) electrons. The number of rotatable bonds is 7. The van der Waals surface area contributed by atoms with Crippen LogP contribution in [0.5, 0.6) is 0 Å². The van der Waals surface area contributed by atoms with E-state index >= 15 is 0 Å². The Morgan fingerprint density at radius 2 is 1.75 bits per heavy atom. The third kappa shape index (κ3) is 5.34. The molecule has 1 saturated carbocycles. The molecular weight excluding hydrogens is 246 g/mol. The minimum Gasteiger partial charge on any atom is -0.314 e. The first-order valence-electron chi connectivity index (χ1n) is 8.99. The van der Waals surface area contributed by atoms with E-state index in [9.17, 15) is 0 Å². The highest BCUT2D eigenvalue weighted by molar-refractivity contribution is 4.76. The highest BCUT2D eigenvalue weighted by Crippen LogP contribution is 2.17. The second-order valence-electron chi connectivity index (χ2n) is 6.78. The van der Waals surface area contributed by atoms with Crippen LogP contribution >= 0.6 is 0 Å². The molecule has 1 saturated heterocycles. The Morgan fingerprint density at radius 1 is 1.05 bits per heavy atom. The van der Waals surface area contributed by atoms with Crippen LogP contribution in [0.3, 0.4) is 0 Å². The summed E-state index contributed by atoms with van der Waals surface area (Å²) in [5.41, 5.74) is 0. The number of hydrogen-bond donors (Lipinski definition) is 1. The Bertz CT molecular complexity index is 243. The van der Waals surface area contributed by atoms with Gasteiger partial charge in [0.05, 0.1) is 0 Å². The molecule has 0 bridgehead atoms. The fraction of sp³-hybridized carbons (Fsp3) is 1.00. The number of hydrogen-bond acceptors (Lipinski definition) is 3. The summed E-state index contributed by atoms with van der Waals surface area (Å²) in [5.74, 6) is 0. The third-order valence-electron chi connectivity index (χ3n) is 5.31. The molecule has 118 valence electrons. The van der Waals surface area contributed by atoms with E-state index in [1.165, 1.54) is 84.2 Å². The van der Waals surface area contributed by atoms with E-state index in [1.54, 1.807) is 0 Å².